The smallest absolute Gasteiger partial charge is 0.249 e. The molecule has 1 aliphatic carbocycles. The van der Waals surface area contributed by atoms with Crippen LogP contribution in [0.2, 0.25) is 0 Å². The summed E-state index contributed by atoms with van der Waals surface area (Å²) in [6.07, 6.45) is 6.49. The third-order valence-electron chi connectivity index (χ3n) is 7.08. The predicted molar refractivity (Wildman–Crippen MR) is 135 cm³/mol. The van der Waals surface area contributed by atoms with Crippen LogP contribution >= 0.6 is 11.3 Å². The molecule has 5 rings (SSSR count). The Morgan fingerprint density at radius 1 is 1.03 bits per heavy atom. The fourth-order valence-electron chi connectivity index (χ4n) is 5.15. The Kier molecular flexibility index (Phi) is 5.89. The van der Waals surface area contributed by atoms with Gasteiger partial charge in [-0.25, -0.2) is 0 Å². The molecule has 0 saturated carbocycles. The fraction of sp³-hybridized carbons (Fsp3) is 0.519. The molecule has 2 aliphatic heterocycles. The highest BCUT2D eigenvalue weighted by Gasteiger charge is 2.34. The van der Waals surface area contributed by atoms with Crippen molar-refractivity contribution in [2.24, 2.45) is 4.99 Å². The summed E-state index contributed by atoms with van der Waals surface area (Å²) in [4.78, 5) is 36.2. The zero-order valence-electron chi connectivity index (χ0n) is 19.9. The zero-order valence-corrected chi connectivity index (χ0v) is 20.8. The Morgan fingerprint density at radius 3 is 2.45 bits per heavy atom. The lowest BCUT2D eigenvalue weighted by molar-refractivity contribution is -0.132. The summed E-state index contributed by atoms with van der Waals surface area (Å²) in [5.74, 6) is -0.0246. The van der Waals surface area contributed by atoms with E-state index < -0.39 is 0 Å². The lowest BCUT2D eigenvalue weighted by atomic mass is 9.86. The summed E-state index contributed by atoms with van der Waals surface area (Å²) >= 11 is 1.70. The number of anilines is 1. The normalized spacial score (nSPS) is 18.6. The van der Waals surface area contributed by atoms with Crippen molar-refractivity contribution in [2.75, 3.05) is 31.1 Å². The lowest BCUT2D eigenvalue weighted by Crippen LogP contribution is -2.45. The second-order valence-corrected chi connectivity index (χ2v) is 11.5. The molecule has 0 radical (unpaired) electrons. The second-order valence-electron chi connectivity index (χ2n) is 10.5. The molecule has 3 heterocycles. The molecular weight excluding hydrogens is 430 g/mol. The van der Waals surface area contributed by atoms with Crippen LogP contribution in [0.25, 0.3) is 0 Å². The van der Waals surface area contributed by atoms with Gasteiger partial charge in [-0.2, -0.15) is 0 Å². The first-order valence-electron chi connectivity index (χ1n) is 12.2. The molecule has 1 saturated heterocycles. The molecule has 3 aliphatic rings. The number of rotatable bonds is 3. The SMILES string of the molecule is CC(C)(C)c1ccc(C2=NCC(=O)N(CC(=O)N3CCCCC3)c3sc4c(c32)CCC4)cc1. The quantitative estimate of drug-likeness (QED) is 0.661. The molecule has 6 heteroatoms. The number of aryl methyl sites for hydroxylation is 1. The number of piperidine rings is 1. The van der Waals surface area contributed by atoms with Gasteiger partial charge in [-0.1, -0.05) is 45.0 Å². The maximum atomic E-state index is 13.2. The lowest BCUT2D eigenvalue weighted by Gasteiger charge is -2.29. The number of thiophene rings is 1. The molecular formula is C27H33N3O2S. The highest BCUT2D eigenvalue weighted by Crippen LogP contribution is 2.43. The number of benzene rings is 1. The van der Waals surface area contributed by atoms with Crippen molar-refractivity contribution < 1.29 is 9.59 Å². The summed E-state index contributed by atoms with van der Waals surface area (Å²) in [6, 6.07) is 8.63. The molecule has 0 spiro atoms. The van der Waals surface area contributed by atoms with Gasteiger partial charge in [0.15, 0.2) is 0 Å². The van der Waals surface area contributed by atoms with Gasteiger partial charge in [0.25, 0.3) is 0 Å². The standard InChI is InChI=1S/C27H33N3O2S/c1-27(2,3)19-12-10-18(11-13-19)25-24-20-8-7-9-21(20)33-26(24)30(22(31)16-28-25)17-23(32)29-14-5-4-6-15-29/h10-13H,4-9,14-17H2,1-3H3. The Balaban J connectivity index is 1.52. The van der Waals surface area contributed by atoms with E-state index in [-0.39, 0.29) is 30.3 Å². The fourth-order valence-corrected chi connectivity index (χ4v) is 6.56. The molecule has 0 bridgehead atoms. The van der Waals surface area contributed by atoms with E-state index in [0.29, 0.717) is 0 Å². The first kappa shape index (κ1) is 22.3. The van der Waals surface area contributed by atoms with Gasteiger partial charge >= 0.3 is 0 Å². The van der Waals surface area contributed by atoms with Crippen molar-refractivity contribution in [3.05, 3.63) is 51.4 Å². The summed E-state index contributed by atoms with van der Waals surface area (Å²) in [7, 11) is 0. The van der Waals surface area contributed by atoms with E-state index >= 15 is 0 Å². The number of aliphatic imine (C=N–C) groups is 1. The van der Waals surface area contributed by atoms with E-state index in [2.05, 4.69) is 45.0 Å². The molecule has 0 N–H and O–H groups in total. The number of carbonyl (C=O) groups excluding carboxylic acids is 2. The van der Waals surface area contributed by atoms with Crippen molar-refractivity contribution in [1.82, 2.24) is 4.90 Å². The zero-order chi connectivity index (χ0) is 23.2. The van der Waals surface area contributed by atoms with E-state index in [9.17, 15) is 9.59 Å². The molecule has 5 nitrogen and oxygen atoms in total. The molecule has 1 fully saturated rings. The van der Waals surface area contributed by atoms with Crippen LogP contribution in [0.5, 0.6) is 0 Å². The highest BCUT2D eigenvalue weighted by molar-refractivity contribution is 7.17. The predicted octanol–water partition coefficient (Wildman–Crippen LogP) is 4.73. The largest absolute Gasteiger partial charge is 0.341 e. The molecule has 0 unspecified atom stereocenters. The molecule has 0 atom stereocenters. The maximum absolute atomic E-state index is 13.2. The number of fused-ring (bicyclic) bond motifs is 3. The minimum Gasteiger partial charge on any atom is -0.341 e. The number of hydrogen-bond donors (Lipinski definition) is 0. The van der Waals surface area contributed by atoms with Gasteiger partial charge < -0.3 is 4.90 Å². The first-order valence-corrected chi connectivity index (χ1v) is 13.0. The summed E-state index contributed by atoms with van der Waals surface area (Å²) in [5, 5.41) is 0.922. The van der Waals surface area contributed by atoms with Crippen molar-refractivity contribution in [3.63, 3.8) is 0 Å². The van der Waals surface area contributed by atoms with E-state index in [0.717, 1.165) is 67.0 Å². The van der Waals surface area contributed by atoms with Crippen LogP contribution in [-0.4, -0.2) is 48.6 Å². The van der Waals surface area contributed by atoms with Crippen molar-refractivity contribution in [1.29, 1.82) is 0 Å². The van der Waals surface area contributed by atoms with E-state index in [1.807, 2.05) is 4.90 Å². The monoisotopic (exact) mass is 463 g/mol. The Hall–Kier alpha value is -2.47. The molecule has 1 aromatic carbocycles. The second kappa shape index (κ2) is 8.71. The van der Waals surface area contributed by atoms with Gasteiger partial charge in [0.05, 0.1) is 5.71 Å². The van der Waals surface area contributed by atoms with Gasteiger partial charge in [0, 0.05) is 29.1 Å². The van der Waals surface area contributed by atoms with E-state index in [1.54, 1.807) is 16.2 Å². The molecule has 174 valence electrons. The van der Waals surface area contributed by atoms with Gasteiger partial charge in [-0.15, -0.1) is 11.3 Å². The third-order valence-corrected chi connectivity index (χ3v) is 8.40. The van der Waals surface area contributed by atoms with Gasteiger partial charge in [-0.05, 0) is 55.1 Å². The minimum absolute atomic E-state index is 0.0561. The van der Waals surface area contributed by atoms with Gasteiger partial charge in [0.1, 0.15) is 18.1 Å². The topological polar surface area (TPSA) is 53.0 Å². The van der Waals surface area contributed by atoms with Crippen LogP contribution in [0.1, 0.15) is 73.6 Å². The summed E-state index contributed by atoms with van der Waals surface area (Å²) in [6.45, 7) is 8.45. The number of nitrogens with zero attached hydrogens (tertiary/aromatic N) is 3. The average Bonchev–Trinajstić information content (AvgIpc) is 3.36. The number of amides is 2. The van der Waals surface area contributed by atoms with E-state index in [4.69, 9.17) is 4.99 Å². The highest BCUT2D eigenvalue weighted by atomic mass is 32.1. The number of hydrogen-bond acceptors (Lipinski definition) is 4. The first-order chi connectivity index (χ1) is 15.8. The van der Waals surface area contributed by atoms with Gasteiger partial charge in [0.2, 0.25) is 11.8 Å². The van der Waals surface area contributed by atoms with Crippen molar-refractivity contribution >= 4 is 33.9 Å². The molecule has 2 amide bonds. The van der Waals surface area contributed by atoms with Crippen molar-refractivity contribution in [2.45, 2.75) is 64.7 Å². The molecule has 33 heavy (non-hydrogen) atoms. The minimum atomic E-state index is -0.0807. The maximum Gasteiger partial charge on any atom is 0.249 e. The van der Waals surface area contributed by atoms with Crippen molar-refractivity contribution in [3.8, 4) is 0 Å². The Labute approximate surface area is 200 Å². The Morgan fingerprint density at radius 2 is 1.76 bits per heavy atom. The average molecular weight is 464 g/mol. The van der Waals surface area contributed by atoms with Crippen LogP contribution in [0, 0.1) is 0 Å². The van der Waals surface area contributed by atoms with Crippen LogP contribution in [0.15, 0.2) is 29.3 Å². The van der Waals surface area contributed by atoms with Gasteiger partial charge in [-0.3, -0.25) is 19.5 Å². The molecule has 2 aromatic rings. The van der Waals surface area contributed by atoms with Crippen LogP contribution in [0.4, 0.5) is 5.00 Å². The van der Waals surface area contributed by atoms with Crippen LogP contribution in [-0.2, 0) is 27.8 Å². The molecule has 1 aromatic heterocycles. The third kappa shape index (κ3) is 4.25. The van der Waals surface area contributed by atoms with E-state index in [1.165, 1.54) is 22.4 Å². The number of carbonyl (C=O) groups is 2. The van der Waals surface area contributed by atoms with Crippen LogP contribution in [0.3, 0.4) is 0 Å². The summed E-state index contributed by atoms with van der Waals surface area (Å²) in [5.41, 5.74) is 5.74. The Bertz CT molecular complexity index is 1100. The summed E-state index contributed by atoms with van der Waals surface area (Å²) < 4.78 is 0. The van der Waals surface area contributed by atoms with Crippen LogP contribution < -0.4 is 4.90 Å². The number of likely N-dealkylation sites (tertiary alicyclic amines) is 1.